The summed E-state index contributed by atoms with van der Waals surface area (Å²) in [7, 11) is 5.47. The van der Waals surface area contributed by atoms with Crippen LogP contribution in [0.2, 0.25) is 0 Å². The summed E-state index contributed by atoms with van der Waals surface area (Å²) in [6.45, 7) is 0. The molecule has 1 aliphatic heterocycles. The Bertz CT molecular complexity index is 922. The van der Waals surface area contributed by atoms with Crippen LogP contribution in [0.3, 0.4) is 0 Å². The molecule has 0 aliphatic carbocycles. The van der Waals surface area contributed by atoms with Gasteiger partial charge in [-0.15, -0.1) is 0 Å². The molecule has 154 valence electrons. The topological polar surface area (TPSA) is 77.5 Å². The molecule has 0 radical (unpaired) electrons. The number of hydrogen-bond donors (Lipinski definition) is 4. The predicted octanol–water partition coefficient (Wildman–Crippen LogP) is 2.98. The molecular weight excluding hydrogens is 457 g/mol. The van der Waals surface area contributed by atoms with Gasteiger partial charge in [0.15, 0.2) is 5.17 Å². The van der Waals surface area contributed by atoms with E-state index in [0.29, 0.717) is 21.6 Å². The summed E-state index contributed by atoms with van der Waals surface area (Å²) in [6.07, 6.45) is 0.511. The van der Waals surface area contributed by atoms with Gasteiger partial charge in [-0.2, -0.15) is 0 Å². The van der Waals surface area contributed by atoms with E-state index in [-0.39, 0.29) is 11.7 Å². The molecule has 0 spiro atoms. The Morgan fingerprint density at radius 3 is 2.38 bits per heavy atom. The molecule has 1 amide bonds. The number of benzene rings is 2. The minimum absolute atomic E-state index is 0.245. The van der Waals surface area contributed by atoms with Crippen LogP contribution < -0.4 is 21.3 Å². The molecule has 2 aromatic rings. The molecule has 0 fully saturated rings. The van der Waals surface area contributed by atoms with E-state index < -0.39 is 10.7 Å². The first-order valence-electron chi connectivity index (χ1n) is 9.04. The number of amides is 1. The molecule has 0 saturated carbocycles. The highest BCUT2D eigenvalue weighted by Crippen LogP contribution is 2.42. The Labute approximate surface area is 182 Å². The third kappa shape index (κ3) is 4.54. The first kappa shape index (κ1) is 21.9. The van der Waals surface area contributed by atoms with E-state index in [1.165, 1.54) is 17.8 Å². The molecule has 0 aromatic heterocycles. The van der Waals surface area contributed by atoms with E-state index in [1.54, 1.807) is 31.3 Å². The number of carbonyl (C=O) groups excluding carboxylic acids is 1. The van der Waals surface area contributed by atoms with Gasteiger partial charge in [0.25, 0.3) is 5.91 Å². The molecule has 9 heteroatoms. The number of nitrogens with one attached hydrogen (secondary N) is 4. The van der Waals surface area contributed by atoms with Crippen LogP contribution in [0.15, 0.2) is 58.0 Å². The van der Waals surface area contributed by atoms with Crippen molar-refractivity contribution < 1.29 is 9.18 Å². The van der Waals surface area contributed by atoms with Crippen LogP contribution in [-0.2, 0) is 5.66 Å². The average molecular weight is 480 g/mol. The molecule has 0 bridgehead atoms. The van der Waals surface area contributed by atoms with Crippen LogP contribution >= 0.6 is 27.7 Å². The summed E-state index contributed by atoms with van der Waals surface area (Å²) in [5, 5.41) is 13.2. The highest BCUT2D eigenvalue weighted by molar-refractivity contribution is 9.10. The van der Waals surface area contributed by atoms with Crippen molar-refractivity contribution in [2.45, 2.75) is 17.1 Å². The van der Waals surface area contributed by atoms with Crippen molar-refractivity contribution in [3.8, 4) is 0 Å². The Morgan fingerprint density at radius 2 is 1.79 bits per heavy atom. The molecule has 4 N–H and O–H groups in total. The van der Waals surface area contributed by atoms with E-state index in [2.05, 4.69) is 37.2 Å². The molecular formula is C20H23BrFN5OS. The van der Waals surface area contributed by atoms with Gasteiger partial charge in [-0.1, -0.05) is 24.3 Å². The molecule has 1 heterocycles. The van der Waals surface area contributed by atoms with Gasteiger partial charge in [0.2, 0.25) is 0 Å². The summed E-state index contributed by atoms with van der Waals surface area (Å²) >= 11 is 4.65. The summed E-state index contributed by atoms with van der Waals surface area (Å²) in [6, 6.07) is 13.8. The van der Waals surface area contributed by atoms with Crippen molar-refractivity contribution in [3.63, 3.8) is 0 Å². The van der Waals surface area contributed by atoms with E-state index in [9.17, 15) is 9.18 Å². The summed E-state index contributed by atoms with van der Waals surface area (Å²) < 4.78 is 14.2. The second-order valence-electron chi connectivity index (χ2n) is 6.58. The fourth-order valence-electron chi connectivity index (χ4n) is 3.22. The second-order valence-corrected chi connectivity index (χ2v) is 8.72. The van der Waals surface area contributed by atoms with Crippen LogP contribution in [0.25, 0.3) is 0 Å². The fourth-order valence-corrected chi connectivity index (χ4v) is 4.76. The number of carbonyl (C=O) groups is 1. The van der Waals surface area contributed by atoms with Gasteiger partial charge in [-0.3, -0.25) is 20.7 Å². The fraction of sp³-hybridized carbons (Fsp3) is 0.300. The standard InChI is InChI=1S/C20H23BrFN5OS/c1-23-19(14-9-10-16(22)15(21)11-14)12-20(24-2,25-3)29-18(27-19)26-17(28)13-7-5-4-6-8-13/h4-11,23-25H,12H2,1-3H3,(H,26,27,28)/t19-/m0/s1. The number of hydrogen-bond acceptors (Lipinski definition) is 6. The van der Waals surface area contributed by atoms with E-state index in [1.807, 2.05) is 32.3 Å². The van der Waals surface area contributed by atoms with E-state index in [4.69, 9.17) is 4.99 Å². The van der Waals surface area contributed by atoms with Crippen molar-refractivity contribution in [3.05, 3.63) is 69.9 Å². The SMILES string of the molecule is CNC1(NC)C[C@@](NC)(c2ccc(F)c(Br)c2)N=C(NC(=O)c2ccccc2)S1. The van der Waals surface area contributed by atoms with Gasteiger partial charge in [0.05, 0.1) is 4.47 Å². The van der Waals surface area contributed by atoms with Crippen molar-refractivity contribution >= 4 is 38.8 Å². The quantitative estimate of drug-likeness (QED) is 0.496. The van der Waals surface area contributed by atoms with Crippen LogP contribution in [-0.4, -0.2) is 37.2 Å². The number of thioether (sulfide) groups is 1. The number of amidine groups is 1. The van der Waals surface area contributed by atoms with Crippen molar-refractivity contribution in [2.24, 2.45) is 4.99 Å². The monoisotopic (exact) mass is 479 g/mol. The Balaban J connectivity index is 2.04. The second kappa shape index (κ2) is 8.93. The Morgan fingerprint density at radius 1 is 1.10 bits per heavy atom. The summed E-state index contributed by atoms with van der Waals surface area (Å²) in [5.74, 6) is -0.592. The third-order valence-corrected chi connectivity index (χ3v) is 6.84. The molecule has 1 atom stereocenters. The van der Waals surface area contributed by atoms with Crippen LogP contribution in [0, 0.1) is 5.82 Å². The van der Waals surface area contributed by atoms with Crippen molar-refractivity contribution in [2.75, 3.05) is 21.1 Å². The Hall–Kier alpha value is -1.78. The van der Waals surface area contributed by atoms with Gasteiger partial charge in [0.1, 0.15) is 16.5 Å². The highest BCUT2D eigenvalue weighted by Gasteiger charge is 2.46. The van der Waals surface area contributed by atoms with Crippen molar-refractivity contribution in [1.82, 2.24) is 21.3 Å². The zero-order valence-corrected chi connectivity index (χ0v) is 18.7. The zero-order chi connectivity index (χ0) is 21.1. The Kier molecular flexibility index (Phi) is 6.75. The highest BCUT2D eigenvalue weighted by atomic mass is 79.9. The molecule has 0 unspecified atom stereocenters. The van der Waals surface area contributed by atoms with E-state index >= 15 is 0 Å². The predicted molar refractivity (Wildman–Crippen MR) is 119 cm³/mol. The molecule has 2 aromatic carbocycles. The first-order valence-corrected chi connectivity index (χ1v) is 10.7. The van der Waals surface area contributed by atoms with Gasteiger partial charge in [0, 0.05) is 12.0 Å². The van der Waals surface area contributed by atoms with Gasteiger partial charge in [-0.05, 0) is 78.7 Å². The zero-order valence-electron chi connectivity index (χ0n) is 16.3. The smallest absolute Gasteiger partial charge is 0.257 e. The van der Waals surface area contributed by atoms with Crippen LogP contribution in [0.1, 0.15) is 22.3 Å². The number of nitrogens with zero attached hydrogens (tertiary/aromatic N) is 1. The number of halogens is 2. The summed E-state index contributed by atoms with van der Waals surface area (Å²) in [5.41, 5.74) is 0.433. The normalized spacial score (nSPS) is 20.8. The molecule has 6 nitrogen and oxygen atoms in total. The van der Waals surface area contributed by atoms with Gasteiger partial charge < -0.3 is 5.32 Å². The molecule has 29 heavy (non-hydrogen) atoms. The minimum atomic E-state index is -0.882. The average Bonchev–Trinajstić information content (AvgIpc) is 2.75. The lowest BCUT2D eigenvalue weighted by atomic mass is 9.94. The van der Waals surface area contributed by atoms with E-state index in [0.717, 1.165) is 5.56 Å². The maximum atomic E-state index is 13.8. The lowest BCUT2D eigenvalue weighted by Crippen LogP contribution is -2.61. The lowest BCUT2D eigenvalue weighted by Gasteiger charge is -2.45. The number of aliphatic imine (C=N–C) groups is 1. The molecule has 1 aliphatic rings. The van der Waals surface area contributed by atoms with Crippen LogP contribution in [0.4, 0.5) is 4.39 Å². The lowest BCUT2D eigenvalue weighted by molar-refractivity contribution is 0.0977. The largest absolute Gasteiger partial charge is 0.301 e. The van der Waals surface area contributed by atoms with Gasteiger partial charge in [-0.25, -0.2) is 9.38 Å². The number of rotatable bonds is 5. The minimum Gasteiger partial charge on any atom is -0.301 e. The van der Waals surface area contributed by atoms with Crippen LogP contribution in [0.5, 0.6) is 0 Å². The maximum Gasteiger partial charge on any atom is 0.257 e. The summed E-state index contributed by atoms with van der Waals surface area (Å²) in [4.78, 5) is 16.9. The van der Waals surface area contributed by atoms with Gasteiger partial charge >= 0.3 is 0 Å². The molecule has 0 saturated heterocycles. The molecule has 3 rings (SSSR count). The van der Waals surface area contributed by atoms with Crippen molar-refractivity contribution in [1.29, 1.82) is 0 Å². The maximum absolute atomic E-state index is 13.8. The first-order chi connectivity index (χ1) is 13.9. The third-order valence-electron chi connectivity index (χ3n) is 4.94.